The maximum Gasteiger partial charge on any atom is 0.302 e. The van der Waals surface area contributed by atoms with Gasteiger partial charge in [0.25, 0.3) is 0 Å². The summed E-state index contributed by atoms with van der Waals surface area (Å²) < 4.78 is 31.9. The van der Waals surface area contributed by atoms with Gasteiger partial charge in [0.1, 0.15) is 24.7 Å². The minimum atomic E-state index is -0.429. The highest BCUT2D eigenvalue weighted by atomic mass is 16.5. The van der Waals surface area contributed by atoms with Crippen LogP contribution in [0.5, 0.6) is 11.5 Å². The Bertz CT molecular complexity index is 881. The third kappa shape index (κ3) is 15.2. The summed E-state index contributed by atoms with van der Waals surface area (Å²) in [4.78, 5) is 58.3. The predicted molar refractivity (Wildman–Crippen MR) is 140 cm³/mol. The van der Waals surface area contributed by atoms with E-state index in [1.54, 1.807) is 12.1 Å². The lowest BCUT2D eigenvalue weighted by Gasteiger charge is -2.26. The van der Waals surface area contributed by atoms with Crippen LogP contribution in [0.4, 0.5) is 5.69 Å². The van der Waals surface area contributed by atoms with E-state index in [2.05, 4.69) is 0 Å². The Hall–Kier alpha value is -3.83. The summed E-state index contributed by atoms with van der Waals surface area (Å²) >= 11 is 0. The van der Waals surface area contributed by atoms with E-state index in [0.717, 1.165) is 0 Å². The summed E-state index contributed by atoms with van der Waals surface area (Å²) in [5, 5.41) is 0. The van der Waals surface area contributed by atoms with Crippen molar-refractivity contribution in [2.75, 3.05) is 57.6 Å². The van der Waals surface area contributed by atoms with Gasteiger partial charge in [0.05, 0.1) is 45.1 Å². The number of esters is 4. The van der Waals surface area contributed by atoms with Gasteiger partial charge in [-0.05, 0) is 25.7 Å². The van der Waals surface area contributed by atoms with E-state index in [4.69, 9.17) is 28.4 Å². The van der Waals surface area contributed by atoms with E-state index in [0.29, 0.717) is 37.7 Å². The number of hydrogen-bond donors (Lipinski definition) is 0. The zero-order valence-corrected chi connectivity index (χ0v) is 23.2. The lowest BCUT2D eigenvalue weighted by molar-refractivity contribution is -0.142. The molecule has 12 heteroatoms. The van der Waals surface area contributed by atoms with Crippen LogP contribution in [0.1, 0.15) is 63.7 Å². The number of unbranched alkanes of at least 4 members (excludes halogenated alkanes) is 2. The lowest BCUT2D eigenvalue weighted by atomic mass is 10.1. The molecule has 1 rings (SSSR count). The summed E-state index contributed by atoms with van der Waals surface area (Å²) in [6.07, 6.45) is 2.96. The molecule has 0 fully saturated rings. The summed E-state index contributed by atoms with van der Waals surface area (Å²) in [7, 11) is 0. The van der Waals surface area contributed by atoms with E-state index in [-0.39, 0.29) is 81.7 Å². The first-order valence-electron chi connectivity index (χ1n) is 12.8. The highest BCUT2D eigenvalue weighted by Gasteiger charge is 2.18. The topological polar surface area (TPSA) is 144 Å². The highest BCUT2D eigenvalue weighted by molar-refractivity contribution is 5.85. The minimum absolute atomic E-state index is 0.0868. The number of carbonyl (C=O) groups excluding carboxylic acids is 5. The largest absolute Gasteiger partial charge is 0.493 e. The molecule has 0 spiro atoms. The van der Waals surface area contributed by atoms with Crippen LogP contribution in [0.3, 0.4) is 0 Å². The molecule has 0 heterocycles. The van der Waals surface area contributed by atoms with Gasteiger partial charge in [-0.3, -0.25) is 24.0 Å². The zero-order valence-electron chi connectivity index (χ0n) is 23.2. The van der Waals surface area contributed by atoms with E-state index in [1.807, 2.05) is 4.90 Å². The summed E-state index contributed by atoms with van der Waals surface area (Å²) in [5.74, 6) is -0.999. The minimum Gasteiger partial charge on any atom is -0.493 e. The van der Waals surface area contributed by atoms with Crippen molar-refractivity contribution in [2.24, 2.45) is 0 Å². The van der Waals surface area contributed by atoms with Crippen molar-refractivity contribution < 1.29 is 52.4 Å². The van der Waals surface area contributed by atoms with Crippen molar-refractivity contribution in [3.8, 4) is 11.5 Å². The van der Waals surface area contributed by atoms with Gasteiger partial charge in [0.15, 0.2) is 6.29 Å². The number of aldehydes is 1. The molecule has 0 N–H and O–H groups in total. The van der Waals surface area contributed by atoms with Gasteiger partial charge in [-0.15, -0.1) is 0 Å². The molecule has 0 radical (unpaired) electrons. The smallest absolute Gasteiger partial charge is 0.302 e. The SMILES string of the molecule is CC(=O)OCCCCOc1cc(N(CCOC(C)=O)CCOC(C)=O)cc(OCCCCOC(C)=O)c1C=O. The van der Waals surface area contributed by atoms with Gasteiger partial charge in [0.2, 0.25) is 0 Å². The lowest BCUT2D eigenvalue weighted by Crippen LogP contribution is -2.32. The summed E-state index contributed by atoms with van der Waals surface area (Å²) in [5.41, 5.74) is 0.823. The molecule has 0 amide bonds. The summed E-state index contributed by atoms with van der Waals surface area (Å²) in [6, 6.07) is 3.34. The fourth-order valence-corrected chi connectivity index (χ4v) is 3.30. The fourth-order valence-electron chi connectivity index (χ4n) is 3.30. The molecule has 0 aliphatic rings. The first kappa shape index (κ1) is 33.2. The van der Waals surface area contributed by atoms with E-state index >= 15 is 0 Å². The third-order valence-corrected chi connectivity index (χ3v) is 5.11. The Labute approximate surface area is 228 Å². The molecular weight excluding hydrogens is 514 g/mol. The second-order valence-electron chi connectivity index (χ2n) is 8.43. The second-order valence-corrected chi connectivity index (χ2v) is 8.43. The molecule has 0 aliphatic heterocycles. The first-order valence-corrected chi connectivity index (χ1v) is 12.8. The van der Waals surface area contributed by atoms with Crippen LogP contribution >= 0.6 is 0 Å². The Kier molecular flexibility index (Phi) is 16.4. The molecule has 0 bridgehead atoms. The molecular formula is C27H39NO11. The van der Waals surface area contributed by atoms with Crippen LogP contribution in [-0.4, -0.2) is 82.9 Å². The molecule has 0 unspecified atom stereocenters. The van der Waals surface area contributed by atoms with Gasteiger partial charge < -0.3 is 33.3 Å². The molecule has 1 aromatic rings. The van der Waals surface area contributed by atoms with Crippen molar-refractivity contribution in [2.45, 2.75) is 53.4 Å². The monoisotopic (exact) mass is 553 g/mol. The van der Waals surface area contributed by atoms with Crippen molar-refractivity contribution in [3.63, 3.8) is 0 Å². The maximum absolute atomic E-state index is 12.0. The molecule has 0 atom stereocenters. The molecule has 0 saturated heterocycles. The van der Waals surface area contributed by atoms with Crippen LogP contribution < -0.4 is 14.4 Å². The number of ether oxygens (including phenoxy) is 6. The highest BCUT2D eigenvalue weighted by Crippen LogP contribution is 2.34. The van der Waals surface area contributed by atoms with Gasteiger partial charge >= 0.3 is 23.9 Å². The number of rotatable bonds is 20. The van der Waals surface area contributed by atoms with Crippen molar-refractivity contribution in [1.29, 1.82) is 0 Å². The van der Waals surface area contributed by atoms with Crippen LogP contribution in [0.15, 0.2) is 12.1 Å². The van der Waals surface area contributed by atoms with Gasteiger partial charge in [-0.2, -0.15) is 0 Å². The number of nitrogens with zero attached hydrogens (tertiary/aromatic N) is 1. The Balaban J connectivity index is 3.11. The quantitative estimate of drug-likeness (QED) is 0.101. The third-order valence-electron chi connectivity index (χ3n) is 5.11. The first-order chi connectivity index (χ1) is 18.6. The number of hydrogen-bond acceptors (Lipinski definition) is 12. The normalized spacial score (nSPS) is 10.3. The van der Waals surface area contributed by atoms with Gasteiger partial charge in [0, 0.05) is 45.5 Å². The Morgan fingerprint density at radius 2 is 0.974 bits per heavy atom. The standard InChI is InChI=1S/C27H39NO11/c1-20(30)34-11-5-7-13-38-26-17-24(28(9-15-36-22(3)32)10-16-37-23(4)33)18-27(25(26)19-29)39-14-8-6-12-35-21(2)31/h17-19H,5-16H2,1-4H3. The molecule has 218 valence electrons. The van der Waals surface area contributed by atoms with Crippen LogP contribution in [0.2, 0.25) is 0 Å². The predicted octanol–water partition coefficient (Wildman–Crippen LogP) is 2.88. The average molecular weight is 554 g/mol. The van der Waals surface area contributed by atoms with Crippen molar-refractivity contribution in [3.05, 3.63) is 17.7 Å². The van der Waals surface area contributed by atoms with Crippen LogP contribution in [0, 0.1) is 0 Å². The summed E-state index contributed by atoms with van der Waals surface area (Å²) in [6.45, 7) is 7.08. The molecule has 0 aromatic heterocycles. The fraction of sp³-hybridized carbons (Fsp3) is 0.593. The molecule has 0 aliphatic carbocycles. The van der Waals surface area contributed by atoms with E-state index in [9.17, 15) is 24.0 Å². The number of carbonyl (C=O) groups is 5. The van der Waals surface area contributed by atoms with Gasteiger partial charge in [-0.25, -0.2) is 0 Å². The van der Waals surface area contributed by atoms with E-state index < -0.39 is 11.9 Å². The van der Waals surface area contributed by atoms with Crippen molar-refractivity contribution >= 4 is 35.9 Å². The average Bonchev–Trinajstić information content (AvgIpc) is 2.86. The number of benzene rings is 1. The van der Waals surface area contributed by atoms with Gasteiger partial charge in [-0.1, -0.05) is 0 Å². The Morgan fingerprint density at radius 3 is 1.33 bits per heavy atom. The molecule has 12 nitrogen and oxygen atoms in total. The molecule has 1 aromatic carbocycles. The van der Waals surface area contributed by atoms with Crippen LogP contribution in [0.25, 0.3) is 0 Å². The zero-order chi connectivity index (χ0) is 29.0. The molecule has 39 heavy (non-hydrogen) atoms. The maximum atomic E-state index is 12.0. The van der Waals surface area contributed by atoms with Crippen LogP contribution in [-0.2, 0) is 38.1 Å². The number of anilines is 1. The second kappa shape index (κ2) is 19.3. The van der Waals surface area contributed by atoms with E-state index in [1.165, 1.54) is 27.7 Å². The molecule has 0 saturated carbocycles. The Morgan fingerprint density at radius 1 is 0.615 bits per heavy atom. The van der Waals surface area contributed by atoms with Crippen molar-refractivity contribution in [1.82, 2.24) is 0 Å².